The van der Waals surface area contributed by atoms with Crippen LogP contribution in [0.3, 0.4) is 0 Å². The van der Waals surface area contributed by atoms with Gasteiger partial charge in [0.2, 0.25) is 0 Å². The zero-order chi connectivity index (χ0) is 15.7. The lowest BCUT2D eigenvalue weighted by Gasteiger charge is -2.05. The fourth-order valence-corrected chi connectivity index (χ4v) is 2.69. The van der Waals surface area contributed by atoms with Crippen molar-refractivity contribution in [3.05, 3.63) is 70.3 Å². The van der Waals surface area contributed by atoms with Gasteiger partial charge in [-0.15, -0.1) is 0 Å². The SMILES string of the molecule is O=C([O-])c1c(-c2ccccc2Cl)nn(-c2ccccc2)c1Cl. The zero-order valence-corrected chi connectivity index (χ0v) is 12.7. The van der Waals surface area contributed by atoms with Gasteiger partial charge in [-0.2, -0.15) is 5.10 Å². The minimum absolute atomic E-state index is 0.0267. The molecule has 0 aliphatic heterocycles. The molecule has 0 fully saturated rings. The minimum Gasteiger partial charge on any atom is -0.545 e. The molecule has 0 atom stereocenters. The van der Waals surface area contributed by atoms with Crippen molar-refractivity contribution in [2.75, 3.05) is 0 Å². The van der Waals surface area contributed by atoms with E-state index in [0.717, 1.165) is 0 Å². The Hall–Kier alpha value is -2.30. The number of hydrogen-bond donors (Lipinski definition) is 0. The molecule has 0 saturated carbocycles. The number of halogens is 2. The first-order valence-corrected chi connectivity index (χ1v) is 7.15. The molecule has 2 aromatic carbocycles. The van der Waals surface area contributed by atoms with Crippen LogP contribution in [-0.4, -0.2) is 15.7 Å². The molecule has 1 heterocycles. The Morgan fingerprint density at radius 2 is 1.64 bits per heavy atom. The molecule has 3 rings (SSSR count). The topological polar surface area (TPSA) is 57.9 Å². The maximum atomic E-state index is 11.5. The van der Waals surface area contributed by atoms with E-state index in [2.05, 4.69) is 5.10 Å². The highest BCUT2D eigenvalue weighted by Gasteiger charge is 2.21. The van der Waals surface area contributed by atoms with Crippen molar-refractivity contribution in [1.29, 1.82) is 0 Å². The molecule has 0 spiro atoms. The van der Waals surface area contributed by atoms with Crippen molar-refractivity contribution in [1.82, 2.24) is 9.78 Å². The maximum absolute atomic E-state index is 11.5. The Kier molecular flexibility index (Phi) is 3.88. The summed E-state index contributed by atoms with van der Waals surface area (Å²) >= 11 is 12.3. The second-order valence-electron chi connectivity index (χ2n) is 4.53. The van der Waals surface area contributed by atoms with Crippen LogP contribution in [0.1, 0.15) is 10.4 Å². The van der Waals surface area contributed by atoms with E-state index in [1.807, 2.05) is 6.07 Å². The predicted molar refractivity (Wildman–Crippen MR) is 83.4 cm³/mol. The minimum atomic E-state index is -1.40. The van der Waals surface area contributed by atoms with Gasteiger partial charge in [-0.1, -0.05) is 59.6 Å². The number of para-hydroxylation sites is 1. The fraction of sp³-hybridized carbons (Fsp3) is 0. The van der Waals surface area contributed by atoms with E-state index >= 15 is 0 Å². The lowest BCUT2D eigenvalue weighted by atomic mass is 10.1. The van der Waals surface area contributed by atoms with Gasteiger partial charge in [-0.25, -0.2) is 4.68 Å². The van der Waals surface area contributed by atoms with E-state index in [1.54, 1.807) is 48.5 Å². The largest absolute Gasteiger partial charge is 0.545 e. The number of benzene rings is 2. The third kappa shape index (κ3) is 2.47. The van der Waals surface area contributed by atoms with Gasteiger partial charge in [0.25, 0.3) is 0 Å². The molecule has 4 nitrogen and oxygen atoms in total. The Bertz CT molecular complexity index is 845. The van der Waals surface area contributed by atoms with E-state index in [-0.39, 0.29) is 16.4 Å². The highest BCUT2D eigenvalue weighted by atomic mass is 35.5. The van der Waals surface area contributed by atoms with E-state index < -0.39 is 5.97 Å². The van der Waals surface area contributed by atoms with Crippen molar-refractivity contribution in [2.24, 2.45) is 0 Å². The summed E-state index contributed by atoms with van der Waals surface area (Å²) in [6.45, 7) is 0. The van der Waals surface area contributed by atoms with Crippen LogP contribution >= 0.6 is 23.2 Å². The number of aromatic nitrogens is 2. The van der Waals surface area contributed by atoms with Gasteiger partial charge in [0, 0.05) is 5.56 Å². The van der Waals surface area contributed by atoms with Crippen LogP contribution in [0.2, 0.25) is 10.2 Å². The van der Waals surface area contributed by atoms with Crippen LogP contribution in [0.4, 0.5) is 0 Å². The highest BCUT2D eigenvalue weighted by Crippen LogP contribution is 2.34. The van der Waals surface area contributed by atoms with Crippen molar-refractivity contribution in [3.8, 4) is 16.9 Å². The molecule has 22 heavy (non-hydrogen) atoms. The van der Waals surface area contributed by atoms with Gasteiger partial charge in [-0.05, 0) is 18.2 Å². The first-order valence-electron chi connectivity index (χ1n) is 6.40. The zero-order valence-electron chi connectivity index (χ0n) is 11.2. The Morgan fingerprint density at radius 1 is 1.00 bits per heavy atom. The molecule has 0 bridgehead atoms. The number of carboxylic acids is 1. The summed E-state index contributed by atoms with van der Waals surface area (Å²) in [6.07, 6.45) is 0. The summed E-state index contributed by atoms with van der Waals surface area (Å²) in [5.74, 6) is -1.40. The van der Waals surface area contributed by atoms with E-state index in [0.29, 0.717) is 16.3 Å². The number of carboxylic acid groups (broad SMARTS) is 1. The van der Waals surface area contributed by atoms with Gasteiger partial charge in [0.15, 0.2) is 0 Å². The van der Waals surface area contributed by atoms with Crippen molar-refractivity contribution in [2.45, 2.75) is 0 Å². The molecule has 3 aromatic rings. The molecule has 0 unspecified atom stereocenters. The van der Waals surface area contributed by atoms with Crippen LogP contribution in [0.15, 0.2) is 54.6 Å². The highest BCUT2D eigenvalue weighted by molar-refractivity contribution is 6.35. The molecular weight excluding hydrogens is 323 g/mol. The number of carbonyl (C=O) groups excluding carboxylic acids is 1. The Morgan fingerprint density at radius 3 is 2.27 bits per heavy atom. The summed E-state index contributed by atoms with van der Waals surface area (Å²) in [7, 11) is 0. The number of carbonyl (C=O) groups is 1. The van der Waals surface area contributed by atoms with E-state index in [1.165, 1.54) is 4.68 Å². The second kappa shape index (κ2) is 5.83. The monoisotopic (exact) mass is 331 g/mol. The Balaban J connectivity index is 2.28. The first kappa shape index (κ1) is 14.6. The predicted octanol–water partition coefficient (Wildman–Crippen LogP) is 3.21. The summed E-state index contributed by atoms with van der Waals surface area (Å²) in [5, 5.41) is 16.2. The molecule has 0 aliphatic rings. The van der Waals surface area contributed by atoms with E-state index in [9.17, 15) is 9.90 Å². The fourth-order valence-electron chi connectivity index (χ4n) is 2.16. The van der Waals surface area contributed by atoms with Gasteiger partial charge < -0.3 is 9.90 Å². The standard InChI is InChI=1S/C16H10Cl2N2O2/c17-12-9-5-4-8-11(12)14-13(16(21)22)15(18)20(19-14)10-6-2-1-3-7-10/h1-9H,(H,21,22)/p-1. The van der Waals surface area contributed by atoms with Gasteiger partial charge in [0.1, 0.15) is 10.8 Å². The number of rotatable bonds is 3. The summed E-state index contributed by atoms with van der Waals surface area (Å²) in [4.78, 5) is 11.5. The smallest absolute Gasteiger partial charge is 0.142 e. The van der Waals surface area contributed by atoms with Crippen LogP contribution in [0, 0.1) is 0 Å². The molecule has 0 N–H and O–H groups in total. The average molecular weight is 332 g/mol. The second-order valence-corrected chi connectivity index (χ2v) is 5.29. The first-order chi connectivity index (χ1) is 10.6. The summed E-state index contributed by atoms with van der Waals surface area (Å²) in [5.41, 5.74) is 1.13. The molecule has 0 radical (unpaired) electrons. The maximum Gasteiger partial charge on any atom is 0.142 e. The van der Waals surface area contributed by atoms with Crippen LogP contribution < -0.4 is 5.11 Å². The van der Waals surface area contributed by atoms with Crippen LogP contribution in [-0.2, 0) is 0 Å². The van der Waals surface area contributed by atoms with Crippen molar-refractivity contribution >= 4 is 29.2 Å². The van der Waals surface area contributed by atoms with Crippen molar-refractivity contribution < 1.29 is 9.90 Å². The van der Waals surface area contributed by atoms with Gasteiger partial charge in [-0.3, -0.25) is 0 Å². The normalized spacial score (nSPS) is 10.6. The average Bonchev–Trinajstić information content (AvgIpc) is 2.86. The summed E-state index contributed by atoms with van der Waals surface area (Å²) < 4.78 is 1.35. The Labute approximate surface area is 136 Å². The van der Waals surface area contributed by atoms with Gasteiger partial charge in [0.05, 0.1) is 22.2 Å². The molecule has 6 heteroatoms. The summed E-state index contributed by atoms with van der Waals surface area (Å²) in [6, 6.07) is 15.8. The number of hydrogen-bond acceptors (Lipinski definition) is 3. The quantitative estimate of drug-likeness (QED) is 0.740. The molecule has 0 saturated heterocycles. The molecule has 1 aromatic heterocycles. The number of nitrogens with zero attached hydrogens (tertiary/aromatic N) is 2. The lowest BCUT2D eigenvalue weighted by Crippen LogP contribution is -2.23. The lowest BCUT2D eigenvalue weighted by molar-refractivity contribution is -0.254. The van der Waals surface area contributed by atoms with E-state index in [4.69, 9.17) is 23.2 Å². The number of aromatic carboxylic acids is 1. The third-order valence-electron chi connectivity index (χ3n) is 3.16. The molecule has 0 amide bonds. The molecule has 0 aliphatic carbocycles. The third-order valence-corrected chi connectivity index (χ3v) is 3.84. The molecule has 110 valence electrons. The van der Waals surface area contributed by atoms with Crippen LogP contribution in [0.25, 0.3) is 16.9 Å². The molecular formula is C16H9Cl2N2O2-. The van der Waals surface area contributed by atoms with Crippen molar-refractivity contribution in [3.63, 3.8) is 0 Å². The van der Waals surface area contributed by atoms with Crippen LogP contribution in [0.5, 0.6) is 0 Å². The van der Waals surface area contributed by atoms with Gasteiger partial charge >= 0.3 is 0 Å².